The molecule has 1 atom stereocenters. The summed E-state index contributed by atoms with van der Waals surface area (Å²) < 4.78 is 43.5. The van der Waals surface area contributed by atoms with E-state index in [0.717, 1.165) is 35.2 Å². The highest BCUT2D eigenvalue weighted by molar-refractivity contribution is 7.92. The summed E-state index contributed by atoms with van der Waals surface area (Å²) >= 11 is 0. The highest BCUT2D eigenvalue weighted by Crippen LogP contribution is 2.43. The highest BCUT2D eigenvalue weighted by atomic mass is 32.2. The van der Waals surface area contributed by atoms with Crippen LogP contribution in [0.2, 0.25) is 0 Å². The van der Waals surface area contributed by atoms with Gasteiger partial charge < -0.3 is 0 Å². The first-order valence-electron chi connectivity index (χ1n) is 11.6. The fraction of sp³-hybridized carbons (Fsp3) is 0.259. The summed E-state index contributed by atoms with van der Waals surface area (Å²) in [5.74, 6) is -0.227. The van der Waals surface area contributed by atoms with Crippen molar-refractivity contribution in [1.29, 1.82) is 0 Å². The highest BCUT2D eigenvalue weighted by Gasteiger charge is 2.29. The van der Waals surface area contributed by atoms with Crippen LogP contribution in [0.3, 0.4) is 0 Å². The van der Waals surface area contributed by atoms with Crippen LogP contribution >= 0.6 is 0 Å². The number of halogens is 1. The fourth-order valence-electron chi connectivity index (χ4n) is 4.84. The van der Waals surface area contributed by atoms with Crippen molar-refractivity contribution in [3.05, 3.63) is 95.1 Å². The van der Waals surface area contributed by atoms with Crippen molar-refractivity contribution < 1.29 is 12.8 Å². The van der Waals surface area contributed by atoms with E-state index < -0.39 is 16.0 Å². The Morgan fingerprint density at radius 2 is 1.86 bits per heavy atom. The van der Waals surface area contributed by atoms with E-state index in [0.29, 0.717) is 5.92 Å². The average Bonchev–Trinajstić information content (AvgIpc) is 3.44. The Kier molecular flexibility index (Phi) is 5.92. The van der Waals surface area contributed by atoms with Gasteiger partial charge in [-0.2, -0.15) is 9.49 Å². The van der Waals surface area contributed by atoms with Crippen LogP contribution in [0.5, 0.6) is 0 Å². The van der Waals surface area contributed by atoms with Crippen LogP contribution in [0.1, 0.15) is 54.4 Å². The lowest BCUT2D eigenvalue weighted by molar-refractivity contribution is 0.584. The van der Waals surface area contributed by atoms with Crippen molar-refractivity contribution in [2.75, 3.05) is 4.72 Å². The van der Waals surface area contributed by atoms with Crippen LogP contribution in [-0.2, 0) is 23.5 Å². The average molecular weight is 491 g/mol. The number of hydrogen-bond acceptors (Lipinski definition) is 4. The van der Waals surface area contributed by atoms with E-state index in [4.69, 9.17) is 0 Å². The molecule has 2 aromatic heterocycles. The lowest BCUT2D eigenvalue weighted by Crippen LogP contribution is -2.14. The number of aryl methyl sites for hydroxylation is 2. The fourth-order valence-corrected chi connectivity index (χ4v) is 5.89. The topological polar surface area (TPSA) is 76.9 Å². The Bertz CT molecular complexity index is 1510. The molecule has 180 valence electrons. The molecule has 8 heteroatoms. The summed E-state index contributed by atoms with van der Waals surface area (Å²) in [6.45, 7) is 4.37. The third-order valence-electron chi connectivity index (χ3n) is 6.67. The molecule has 2 aromatic carbocycles. The Hall–Kier alpha value is -3.52. The van der Waals surface area contributed by atoms with E-state index in [2.05, 4.69) is 46.9 Å². The van der Waals surface area contributed by atoms with Crippen LogP contribution < -0.4 is 4.72 Å². The summed E-state index contributed by atoms with van der Waals surface area (Å²) in [4.78, 5) is 3.75. The van der Waals surface area contributed by atoms with Gasteiger partial charge in [0.05, 0.1) is 10.6 Å². The number of rotatable bonds is 6. The quantitative estimate of drug-likeness (QED) is 0.356. The molecule has 4 aromatic rings. The van der Waals surface area contributed by atoms with Crippen molar-refractivity contribution in [2.45, 2.75) is 43.4 Å². The standard InChI is InChI=1S/C27H27FN4O2S/c1-17(2)18-7-10-23(24(16-18)25-13-14-29-32(25)3)22-11-8-19-15-20(9-12-21(19)22)35(33,34)31-27-6-4-5-26(28)30-27/h4-7,9-10,12-17,22H,8,11H2,1-3H3,(H,30,31)/t22-/m0/s1. The Morgan fingerprint density at radius 1 is 1.06 bits per heavy atom. The van der Waals surface area contributed by atoms with E-state index in [-0.39, 0.29) is 16.6 Å². The molecule has 0 unspecified atom stereocenters. The molecule has 0 amide bonds. The van der Waals surface area contributed by atoms with Gasteiger partial charge >= 0.3 is 0 Å². The molecule has 2 heterocycles. The lowest BCUT2D eigenvalue weighted by Gasteiger charge is -2.20. The van der Waals surface area contributed by atoms with Crippen molar-refractivity contribution in [3.63, 3.8) is 0 Å². The van der Waals surface area contributed by atoms with E-state index in [9.17, 15) is 12.8 Å². The second kappa shape index (κ2) is 8.92. The van der Waals surface area contributed by atoms with Crippen molar-refractivity contribution in [3.8, 4) is 11.3 Å². The number of anilines is 1. The zero-order valence-electron chi connectivity index (χ0n) is 19.9. The number of nitrogens with zero attached hydrogens (tertiary/aromatic N) is 3. The third-order valence-corrected chi connectivity index (χ3v) is 8.03. The van der Waals surface area contributed by atoms with Gasteiger partial charge in [0.1, 0.15) is 5.82 Å². The van der Waals surface area contributed by atoms with Gasteiger partial charge in [-0.25, -0.2) is 13.4 Å². The summed E-state index contributed by atoms with van der Waals surface area (Å²) in [6, 6.07) is 17.9. The minimum absolute atomic E-state index is 0.0468. The number of aromatic nitrogens is 3. The van der Waals surface area contributed by atoms with Crippen molar-refractivity contribution in [1.82, 2.24) is 14.8 Å². The normalized spacial score (nSPS) is 15.4. The molecule has 1 aliphatic rings. The third kappa shape index (κ3) is 4.46. The lowest BCUT2D eigenvalue weighted by atomic mass is 9.86. The van der Waals surface area contributed by atoms with E-state index in [1.807, 2.05) is 23.9 Å². The number of nitrogens with one attached hydrogen (secondary N) is 1. The SMILES string of the molecule is CC(C)c1ccc([C@H]2CCc3cc(S(=O)(=O)Nc4cccc(F)n4)ccc32)c(-c2ccnn2C)c1. The Balaban J connectivity index is 1.51. The minimum atomic E-state index is -3.89. The first kappa shape index (κ1) is 23.2. The number of pyridine rings is 1. The van der Waals surface area contributed by atoms with Gasteiger partial charge in [-0.05, 0) is 77.4 Å². The minimum Gasteiger partial charge on any atom is -0.268 e. The molecule has 0 bridgehead atoms. The molecular formula is C27H27FN4O2S. The van der Waals surface area contributed by atoms with Gasteiger partial charge in [0.15, 0.2) is 0 Å². The maximum Gasteiger partial charge on any atom is 0.263 e. The Morgan fingerprint density at radius 3 is 2.57 bits per heavy atom. The predicted octanol–water partition coefficient (Wildman–Crippen LogP) is 5.62. The summed E-state index contributed by atoms with van der Waals surface area (Å²) in [5, 5.41) is 4.37. The van der Waals surface area contributed by atoms with E-state index >= 15 is 0 Å². The van der Waals surface area contributed by atoms with Gasteiger partial charge in [0.25, 0.3) is 10.0 Å². The van der Waals surface area contributed by atoms with Crippen LogP contribution in [0.25, 0.3) is 11.3 Å². The molecule has 35 heavy (non-hydrogen) atoms. The Labute approximate surface area is 204 Å². The molecular weight excluding hydrogens is 463 g/mol. The van der Waals surface area contributed by atoms with Gasteiger partial charge in [0, 0.05) is 24.7 Å². The maximum atomic E-state index is 13.4. The zero-order valence-corrected chi connectivity index (χ0v) is 20.7. The first-order valence-corrected chi connectivity index (χ1v) is 13.1. The van der Waals surface area contributed by atoms with E-state index in [1.54, 1.807) is 18.3 Å². The largest absolute Gasteiger partial charge is 0.268 e. The van der Waals surface area contributed by atoms with Crippen LogP contribution in [0.15, 0.2) is 71.8 Å². The predicted molar refractivity (Wildman–Crippen MR) is 134 cm³/mol. The van der Waals surface area contributed by atoms with Crippen molar-refractivity contribution in [2.24, 2.45) is 7.05 Å². The molecule has 5 rings (SSSR count). The second-order valence-corrected chi connectivity index (χ2v) is 10.9. The summed E-state index contributed by atoms with van der Waals surface area (Å²) in [6.07, 6.45) is 3.48. The van der Waals surface area contributed by atoms with Gasteiger partial charge in [0.2, 0.25) is 5.95 Å². The van der Waals surface area contributed by atoms with Gasteiger partial charge in [-0.1, -0.05) is 38.1 Å². The molecule has 1 N–H and O–H groups in total. The van der Waals surface area contributed by atoms with E-state index in [1.165, 1.54) is 29.3 Å². The number of sulfonamides is 1. The second-order valence-electron chi connectivity index (χ2n) is 9.24. The first-order chi connectivity index (χ1) is 16.7. The molecule has 0 aliphatic heterocycles. The molecule has 1 aliphatic carbocycles. The molecule has 0 saturated carbocycles. The van der Waals surface area contributed by atoms with Gasteiger partial charge in [-0.15, -0.1) is 0 Å². The molecule has 6 nitrogen and oxygen atoms in total. The number of fused-ring (bicyclic) bond motifs is 1. The number of benzene rings is 2. The monoisotopic (exact) mass is 490 g/mol. The summed E-state index contributed by atoms with van der Waals surface area (Å²) in [7, 11) is -1.94. The molecule has 0 fully saturated rings. The molecule has 0 radical (unpaired) electrons. The van der Waals surface area contributed by atoms with Crippen LogP contribution in [-0.4, -0.2) is 23.2 Å². The number of hydrogen-bond donors (Lipinski definition) is 1. The van der Waals surface area contributed by atoms with Crippen molar-refractivity contribution >= 4 is 15.8 Å². The maximum absolute atomic E-state index is 13.4. The molecule has 0 saturated heterocycles. The smallest absolute Gasteiger partial charge is 0.263 e. The van der Waals surface area contributed by atoms with Crippen LogP contribution in [0.4, 0.5) is 10.2 Å². The molecule has 0 spiro atoms. The summed E-state index contributed by atoms with van der Waals surface area (Å²) in [5.41, 5.74) is 6.84. The van der Waals surface area contributed by atoms with Gasteiger partial charge in [-0.3, -0.25) is 9.40 Å². The zero-order chi connectivity index (χ0) is 24.7. The van der Waals surface area contributed by atoms with Crippen LogP contribution in [0, 0.1) is 5.95 Å².